The Hall–Kier alpha value is -2.48. The molecule has 8 nitrogen and oxygen atoms in total. The smallest absolute Gasteiger partial charge is 0.251 e. The van der Waals surface area contributed by atoms with Crippen molar-refractivity contribution in [2.24, 2.45) is 7.05 Å². The van der Waals surface area contributed by atoms with Crippen molar-refractivity contribution in [1.29, 1.82) is 0 Å². The van der Waals surface area contributed by atoms with Crippen molar-refractivity contribution in [2.75, 3.05) is 19.7 Å². The van der Waals surface area contributed by atoms with E-state index in [1.54, 1.807) is 16.5 Å². The van der Waals surface area contributed by atoms with Crippen LogP contribution in [-0.4, -0.2) is 50.3 Å². The van der Waals surface area contributed by atoms with Crippen LogP contribution < -0.4 is 5.56 Å². The predicted molar refractivity (Wildman–Crippen MR) is 91.1 cm³/mol. The Bertz CT molecular complexity index is 826. The lowest BCUT2D eigenvalue weighted by atomic mass is 10.1. The first-order valence-electron chi connectivity index (χ1n) is 8.38. The zero-order valence-electron chi connectivity index (χ0n) is 14.8. The summed E-state index contributed by atoms with van der Waals surface area (Å²) in [7, 11) is 1.88. The number of carbonyl (C=O) groups is 1. The lowest BCUT2D eigenvalue weighted by Crippen LogP contribution is -2.43. The van der Waals surface area contributed by atoms with E-state index in [4.69, 9.17) is 4.74 Å². The van der Waals surface area contributed by atoms with Gasteiger partial charge in [-0.3, -0.25) is 14.3 Å². The van der Waals surface area contributed by atoms with Crippen LogP contribution in [-0.2, 0) is 23.0 Å². The average Bonchev–Trinajstić information content (AvgIpc) is 2.89. The third-order valence-corrected chi connectivity index (χ3v) is 4.34. The molecule has 0 unspecified atom stereocenters. The lowest BCUT2D eigenvalue weighted by molar-refractivity contribution is -0.139. The second-order valence-electron chi connectivity index (χ2n) is 6.38. The number of nitrogens with zero attached hydrogens (tertiary/aromatic N) is 4. The minimum absolute atomic E-state index is 0.0755. The number of hydrogen-bond acceptors (Lipinski definition) is 5. The molecule has 1 atom stereocenters. The molecule has 1 aliphatic heterocycles. The summed E-state index contributed by atoms with van der Waals surface area (Å²) in [6.45, 7) is 5.10. The van der Waals surface area contributed by atoms with Gasteiger partial charge in [0.05, 0.1) is 18.8 Å². The first-order valence-corrected chi connectivity index (χ1v) is 8.38. The number of amides is 1. The van der Waals surface area contributed by atoms with Gasteiger partial charge in [-0.05, 0) is 25.8 Å². The topological polar surface area (TPSA) is 93.1 Å². The van der Waals surface area contributed by atoms with E-state index in [1.165, 1.54) is 6.07 Å². The molecule has 0 bridgehead atoms. The van der Waals surface area contributed by atoms with Crippen molar-refractivity contribution in [3.8, 4) is 0 Å². The van der Waals surface area contributed by atoms with Crippen molar-refractivity contribution < 1.29 is 9.53 Å². The van der Waals surface area contributed by atoms with Gasteiger partial charge in [0.1, 0.15) is 11.9 Å². The van der Waals surface area contributed by atoms with E-state index in [9.17, 15) is 9.59 Å². The SMILES string of the molecule is Cc1cc(=O)[nH]c([C@H]2CN(C(=O)CCc3cn(C)nc3C)CCO2)n1. The first kappa shape index (κ1) is 17.3. The fourth-order valence-electron chi connectivity index (χ4n) is 3.09. The molecule has 0 saturated carbocycles. The van der Waals surface area contributed by atoms with E-state index in [2.05, 4.69) is 15.1 Å². The van der Waals surface area contributed by atoms with Gasteiger partial charge in [0.2, 0.25) is 5.91 Å². The van der Waals surface area contributed by atoms with Gasteiger partial charge in [-0.25, -0.2) is 4.98 Å². The zero-order valence-corrected chi connectivity index (χ0v) is 14.8. The molecule has 134 valence electrons. The van der Waals surface area contributed by atoms with Crippen LogP contribution in [0.1, 0.15) is 35.3 Å². The van der Waals surface area contributed by atoms with Gasteiger partial charge in [-0.2, -0.15) is 5.10 Å². The maximum absolute atomic E-state index is 12.6. The van der Waals surface area contributed by atoms with Gasteiger partial charge in [0.15, 0.2) is 0 Å². The third-order valence-electron chi connectivity index (χ3n) is 4.34. The molecule has 2 aromatic heterocycles. The highest BCUT2D eigenvalue weighted by molar-refractivity contribution is 5.76. The number of rotatable bonds is 4. The molecule has 3 rings (SSSR count). The Labute approximate surface area is 145 Å². The van der Waals surface area contributed by atoms with E-state index in [0.29, 0.717) is 44.1 Å². The summed E-state index contributed by atoms with van der Waals surface area (Å²) in [5, 5.41) is 4.30. The standard InChI is InChI=1S/C17H23N5O3/c1-11-8-15(23)19-17(18-11)14-10-22(6-7-25-14)16(24)5-4-13-9-21(3)20-12(13)2/h8-9,14H,4-7,10H2,1-3H3,(H,18,19,23)/t14-/m1/s1. The summed E-state index contributed by atoms with van der Waals surface area (Å²) in [5.41, 5.74) is 2.47. The van der Waals surface area contributed by atoms with Gasteiger partial charge >= 0.3 is 0 Å². The quantitative estimate of drug-likeness (QED) is 0.878. The van der Waals surface area contributed by atoms with Crippen molar-refractivity contribution >= 4 is 5.91 Å². The van der Waals surface area contributed by atoms with Crippen molar-refractivity contribution in [1.82, 2.24) is 24.6 Å². The fraction of sp³-hybridized carbons (Fsp3) is 0.529. The van der Waals surface area contributed by atoms with Gasteiger partial charge in [0.25, 0.3) is 5.56 Å². The van der Waals surface area contributed by atoms with Crippen LogP contribution in [0.2, 0.25) is 0 Å². The van der Waals surface area contributed by atoms with Gasteiger partial charge in [-0.15, -0.1) is 0 Å². The summed E-state index contributed by atoms with van der Waals surface area (Å²) in [6, 6.07) is 1.44. The largest absolute Gasteiger partial charge is 0.367 e. The highest BCUT2D eigenvalue weighted by Crippen LogP contribution is 2.19. The highest BCUT2D eigenvalue weighted by Gasteiger charge is 2.27. The molecule has 0 aliphatic carbocycles. The number of carbonyl (C=O) groups excluding carboxylic acids is 1. The third kappa shape index (κ3) is 4.14. The van der Waals surface area contributed by atoms with E-state index in [-0.39, 0.29) is 11.5 Å². The van der Waals surface area contributed by atoms with Crippen molar-refractivity contribution in [3.05, 3.63) is 45.4 Å². The monoisotopic (exact) mass is 345 g/mol. The molecule has 1 fully saturated rings. The molecule has 1 aliphatic rings. The molecule has 1 saturated heterocycles. The van der Waals surface area contributed by atoms with Crippen LogP contribution in [0.3, 0.4) is 0 Å². The molecule has 0 aromatic carbocycles. The number of hydrogen-bond donors (Lipinski definition) is 1. The van der Waals surface area contributed by atoms with E-state index in [0.717, 1.165) is 11.3 Å². The molecule has 1 amide bonds. The van der Waals surface area contributed by atoms with Crippen LogP contribution in [0.15, 0.2) is 17.1 Å². The number of aromatic amines is 1. The van der Waals surface area contributed by atoms with E-state index >= 15 is 0 Å². The summed E-state index contributed by atoms with van der Waals surface area (Å²) >= 11 is 0. The number of ether oxygens (including phenoxy) is 1. The Morgan fingerprint density at radius 1 is 1.44 bits per heavy atom. The van der Waals surface area contributed by atoms with Crippen LogP contribution in [0.4, 0.5) is 0 Å². The zero-order chi connectivity index (χ0) is 18.0. The van der Waals surface area contributed by atoms with E-state index in [1.807, 2.05) is 20.2 Å². The van der Waals surface area contributed by atoms with Crippen molar-refractivity contribution in [3.63, 3.8) is 0 Å². The number of H-pyrrole nitrogens is 1. The Balaban J connectivity index is 1.63. The molecule has 2 aromatic rings. The Morgan fingerprint density at radius 3 is 2.92 bits per heavy atom. The summed E-state index contributed by atoms with van der Waals surface area (Å²) in [6.07, 6.45) is 2.65. The second kappa shape index (κ2) is 7.18. The van der Waals surface area contributed by atoms with Crippen LogP contribution in [0.25, 0.3) is 0 Å². The molecular weight excluding hydrogens is 322 g/mol. The number of aryl methyl sites for hydroxylation is 4. The summed E-state index contributed by atoms with van der Waals surface area (Å²) in [4.78, 5) is 33.0. The minimum Gasteiger partial charge on any atom is -0.367 e. The van der Waals surface area contributed by atoms with Crippen LogP contribution in [0, 0.1) is 13.8 Å². The summed E-state index contributed by atoms with van der Waals surface area (Å²) in [5.74, 6) is 0.553. The number of aromatic nitrogens is 4. The maximum atomic E-state index is 12.6. The molecule has 3 heterocycles. The lowest BCUT2D eigenvalue weighted by Gasteiger charge is -2.32. The predicted octanol–water partition coefficient (Wildman–Crippen LogP) is 0.653. The minimum atomic E-state index is -0.398. The Kier molecular flexibility index (Phi) is 4.98. The second-order valence-corrected chi connectivity index (χ2v) is 6.38. The number of morpholine rings is 1. The molecule has 25 heavy (non-hydrogen) atoms. The van der Waals surface area contributed by atoms with E-state index < -0.39 is 6.10 Å². The molecule has 8 heteroatoms. The molecule has 0 radical (unpaired) electrons. The fourth-order valence-corrected chi connectivity index (χ4v) is 3.09. The maximum Gasteiger partial charge on any atom is 0.251 e. The molecule has 1 N–H and O–H groups in total. The van der Waals surface area contributed by atoms with Crippen LogP contribution in [0.5, 0.6) is 0 Å². The number of nitrogens with one attached hydrogen (secondary N) is 1. The van der Waals surface area contributed by atoms with Gasteiger partial charge in [-0.1, -0.05) is 0 Å². The average molecular weight is 345 g/mol. The normalized spacial score (nSPS) is 17.7. The van der Waals surface area contributed by atoms with Gasteiger partial charge < -0.3 is 14.6 Å². The highest BCUT2D eigenvalue weighted by atomic mass is 16.5. The molecule has 0 spiro atoms. The van der Waals surface area contributed by atoms with Gasteiger partial charge in [0, 0.05) is 38.0 Å². The van der Waals surface area contributed by atoms with Crippen LogP contribution >= 0.6 is 0 Å². The molecular formula is C17H23N5O3. The van der Waals surface area contributed by atoms with Crippen molar-refractivity contribution in [2.45, 2.75) is 32.8 Å². The first-order chi connectivity index (χ1) is 11.9. The Morgan fingerprint density at radius 2 is 2.24 bits per heavy atom. The summed E-state index contributed by atoms with van der Waals surface area (Å²) < 4.78 is 7.46.